The molecule has 1 aromatic rings. The molecule has 132 valence electrons. The van der Waals surface area contributed by atoms with E-state index in [1.807, 2.05) is 56.3 Å². The number of carboxylic acids is 1. The zero-order valence-corrected chi connectivity index (χ0v) is 14.4. The monoisotopic (exact) mass is 335 g/mol. The highest BCUT2D eigenvalue weighted by Crippen LogP contribution is 2.05. The summed E-state index contributed by atoms with van der Waals surface area (Å²) >= 11 is 0. The van der Waals surface area contributed by atoms with Crippen LogP contribution in [0.15, 0.2) is 42.5 Å². The third-order valence-electron chi connectivity index (χ3n) is 2.82. The highest BCUT2D eigenvalue weighted by molar-refractivity contribution is 6.45. The number of hydrogen-bond acceptors (Lipinski definition) is 4. The summed E-state index contributed by atoms with van der Waals surface area (Å²) in [6.45, 7) is 5.46. The molecule has 0 spiro atoms. The fourth-order valence-corrected chi connectivity index (χ4v) is 1.87. The lowest BCUT2D eigenvalue weighted by atomic mass is 9.77. The second-order valence-corrected chi connectivity index (χ2v) is 4.79. The lowest BCUT2D eigenvalue weighted by Crippen LogP contribution is -2.47. The van der Waals surface area contributed by atoms with Gasteiger partial charge in [-0.05, 0) is 12.0 Å². The maximum atomic E-state index is 11.8. The minimum Gasteiger partial charge on any atom is -0.481 e. The Bertz CT molecular complexity index is 503. The highest BCUT2D eigenvalue weighted by Gasteiger charge is 2.28. The molecule has 1 aromatic carbocycles. The predicted octanol–water partition coefficient (Wildman–Crippen LogP) is 1.83. The maximum absolute atomic E-state index is 11.8. The largest absolute Gasteiger partial charge is 0.481 e. The van der Waals surface area contributed by atoms with Crippen LogP contribution in [0, 0.1) is 0 Å². The van der Waals surface area contributed by atoms with E-state index in [4.69, 9.17) is 14.6 Å². The van der Waals surface area contributed by atoms with Crippen molar-refractivity contribution in [2.75, 3.05) is 6.61 Å². The molecule has 1 heterocycles. The van der Waals surface area contributed by atoms with Gasteiger partial charge in [0.1, 0.15) is 0 Å². The van der Waals surface area contributed by atoms with Gasteiger partial charge in [-0.1, -0.05) is 56.3 Å². The fraction of sp³-hybridized carbons (Fsp3) is 0.412. The fourth-order valence-electron chi connectivity index (χ4n) is 1.87. The van der Waals surface area contributed by atoms with Crippen LogP contribution in [0.3, 0.4) is 0 Å². The van der Waals surface area contributed by atoms with Crippen molar-refractivity contribution in [2.24, 2.45) is 0 Å². The van der Waals surface area contributed by atoms with Crippen LogP contribution in [-0.2, 0) is 20.7 Å². The van der Waals surface area contributed by atoms with Gasteiger partial charge in [0.15, 0.2) is 0 Å². The summed E-state index contributed by atoms with van der Waals surface area (Å²) in [5.74, 6) is -1.32. The van der Waals surface area contributed by atoms with E-state index < -0.39 is 13.1 Å². The summed E-state index contributed by atoms with van der Waals surface area (Å²) in [7, 11) is -0.945. The first kappa shape index (κ1) is 21.9. The van der Waals surface area contributed by atoms with Crippen LogP contribution in [0.5, 0.6) is 0 Å². The van der Waals surface area contributed by atoms with Gasteiger partial charge in [-0.2, -0.15) is 0 Å². The van der Waals surface area contributed by atoms with Gasteiger partial charge < -0.3 is 20.1 Å². The molecule has 0 aromatic heterocycles. The lowest BCUT2D eigenvalue weighted by molar-refractivity contribution is -0.134. The minimum absolute atomic E-state index is 0.107. The Morgan fingerprint density at radius 3 is 2.42 bits per heavy atom. The predicted molar refractivity (Wildman–Crippen MR) is 94.4 cm³/mol. The number of rotatable bonds is 3. The number of carbonyl (C=O) groups is 2. The molecule has 0 fully saturated rings. The molecule has 1 atom stereocenters. The molecule has 1 amide bonds. The Morgan fingerprint density at radius 1 is 1.25 bits per heavy atom. The third kappa shape index (κ3) is 10.6. The third-order valence-corrected chi connectivity index (χ3v) is 2.82. The number of aliphatic carboxylic acids is 1. The van der Waals surface area contributed by atoms with E-state index in [0.29, 0.717) is 19.4 Å². The molecular weight excluding hydrogens is 309 g/mol. The Hall–Kier alpha value is -2.12. The van der Waals surface area contributed by atoms with Crippen LogP contribution in [0.2, 0.25) is 0 Å². The van der Waals surface area contributed by atoms with Crippen LogP contribution in [0.1, 0.15) is 32.8 Å². The quantitative estimate of drug-likeness (QED) is 0.578. The van der Waals surface area contributed by atoms with Gasteiger partial charge in [-0.25, -0.2) is 0 Å². The molecular formula is C17H26BNO5. The molecule has 0 saturated carbocycles. The molecule has 3 N–H and O–H groups in total. The van der Waals surface area contributed by atoms with Crippen molar-refractivity contribution >= 4 is 19.0 Å². The van der Waals surface area contributed by atoms with Crippen LogP contribution >= 0.6 is 0 Å². The smallest absolute Gasteiger partial charge is 0.478 e. The Morgan fingerprint density at radius 2 is 1.83 bits per heavy atom. The molecule has 24 heavy (non-hydrogen) atoms. The first-order chi connectivity index (χ1) is 11.5. The molecule has 0 bridgehead atoms. The standard InChI is InChI=1S/C13H16BNO3.C2H4O2.C2H6/c16-13(10-11-6-2-1-3-7-11)15-12-8-4-5-9-18-14(12)17;1-2(3)4;1-2/h1-7,12,17H,8-10H2,(H,15,16);1H3,(H,3,4);1-2H3. The van der Waals surface area contributed by atoms with Crippen molar-refractivity contribution in [3.05, 3.63) is 48.0 Å². The number of carbonyl (C=O) groups excluding carboxylic acids is 1. The van der Waals surface area contributed by atoms with Gasteiger partial charge in [0.25, 0.3) is 5.97 Å². The molecule has 0 saturated heterocycles. The molecule has 2 rings (SSSR count). The topological polar surface area (TPSA) is 95.9 Å². The van der Waals surface area contributed by atoms with E-state index in [9.17, 15) is 9.82 Å². The SMILES string of the molecule is CC.CC(=O)O.O=C(Cc1ccccc1)NC1CC=CCOB1O. The van der Waals surface area contributed by atoms with E-state index >= 15 is 0 Å². The van der Waals surface area contributed by atoms with Crippen molar-refractivity contribution in [2.45, 2.75) is 39.6 Å². The summed E-state index contributed by atoms with van der Waals surface area (Å²) in [6, 6.07) is 9.51. The van der Waals surface area contributed by atoms with Crippen molar-refractivity contribution in [3.63, 3.8) is 0 Å². The zero-order valence-electron chi connectivity index (χ0n) is 14.4. The Kier molecular flexibility index (Phi) is 12.2. The first-order valence-electron chi connectivity index (χ1n) is 7.96. The number of carboxylic acid groups (broad SMARTS) is 1. The molecule has 1 aliphatic rings. The molecule has 7 heteroatoms. The van der Waals surface area contributed by atoms with Crippen LogP contribution in [-0.4, -0.2) is 41.7 Å². The average molecular weight is 335 g/mol. The van der Waals surface area contributed by atoms with Crippen LogP contribution < -0.4 is 5.32 Å². The normalized spacial score (nSPS) is 15.8. The summed E-state index contributed by atoms with van der Waals surface area (Å²) in [4.78, 5) is 20.8. The van der Waals surface area contributed by atoms with E-state index in [2.05, 4.69) is 5.32 Å². The van der Waals surface area contributed by atoms with Crippen LogP contribution in [0.4, 0.5) is 0 Å². The van der Waals surface area contributed by atoms with Gasteiger partial charge in [0, 0.05) is 13.5 Å². The van der Waals surface area contributed by atoms with Crippen LogP contribution in [0.25, 0.3) is 0 Å². The number of nitrogens with one attached hydrogen (secondary N) is 1. The minimum atomic E-state index is -0.945. The van der Waals surface area contributed by atoms with Crippen molar-refractivity contribution < 1.29 is 24.4 Å². The van der Waals surface area contributed by atoms with E-state index in [-0.39, 0.29) is 11.8 Å². The van der Waals surface area contributed by atoms with Gasteiger partial charge in [-0.15, -0.1) is 0 Å². The van der Waals surface area contributed by atoms with Gasteiger partial charge in [0.05, 0.1) is 12.4 Å². The van der Waals surface area contributed by atoms with E-state index in [1.54, 1.807) is 0 Å². The summed E-state index contributed by atoms with van der Waals surface area (Å²) in [5.41, 5.74) is 0.953. The highest BCUT2D eigenvalue weighted by atomic mass is 16.5. The van der Waals surface area contributed by atoms with Crippen molar-refractivity contribution in [1.29, 1.82) is 0 Å². The molecule has 1 aliphatic heterocycles. The number of hydrogen-bond donors (Lipinski definition) is 3. The summed E-state index contributed by atoms with van der Waals surface area (Å²) < 4.78 is 5.12. The maximum Gasteiger partial charge on any atom is 0.478 e. The Balaban J connectivity index is 0.000000773. The van der Waals surface area contributed by atoms with Gasteiger partial charge in [-0.3, -0.25) is 9.59 Å². The molecule has 0 aliphatic carbocycles. The molecule has 6 nitrogen and oxygen atoms in total. The number of amides is 1. The first-order valence-corrected chi connectivity index (χ1v) is 7.96. The van der Waals surface area contributed by atoms with E-state index in [0.717, 1.165) is 12.5 Å². The second kappa shape index (κ2) is 13.3. The molecule has 1 unspecified atom stereocenters. The molecule has 0 radical (unpaired) electrons. The van der Waals surface area contributed by atoms with Gasteiger partial charge in [0.2, 0.25) is 5.91 Å². The van der Waals surface area contributed by atoms with Gasteiger partial charge >= 0.3 is 7.12 Å². The summed E-state index contributed by atoms with van der Waals surface area (Å²) in [5, 5.41) is 19.9. The summed E-state index contributed by atoms with van der Waals surface area (Å²) in [6.07, 6.45) is 4.64. The van der Waals surface area contributed by atoms with Crippen molar-refractivity contribution in [1.82, 2.24) is 5.32 Å². The lowest BCUT2D eigenvalue weighted by Gasteiger charge is -2.17. The Labute approximate surface area is 143 Å². The van der Waals surface area contributed by atoms with Crippen molar-refractivity contribution in [3.8, 4) is 0 Å². The number of benzene rings is 1. The average Bonchev–Trinajstić information content (AvgIpc) is 2.75. The van der Waals surface area contributed by atoms with E-state index in [1.165, 1.54) is 0 Å². The zero-order chi connectivity index (χ0) is 18.4. The second-order valence-electron chi connectivity index (χ2n) is 4.79.